The fourth-order valence-electron chi connectivity index (χ4n) is 4.78. The predicted octanol–water partition coefficient (Wildman–Crippen LogP) is 7.82. The Kier molecular flexibility index (Phi) is 5.76. The first-order valence-corrected chi connectivity index (χ1v) is 12.7. The number of hydrogen-bond acceptors (Lipinski definition) is 4. The highest BCUT2D eigenvalue weighted by Crippen LogP contribution is 2.38. The summed E-state index contributed by atoms with van der Waals surface area (Å²) in [4.78, 5) is 14.4. The van der Waals surface area contributed by atoms with Crippen LogP contribution in [0.2, 0.25) is 0 Å². The van der Waals surface area contributed by atoms with Crippen molar-refractivity contribution >= 4 is 11.0 Å². The molecule has 3 aromatic heterocycles. The van der Waals surface area contributed by atoms with Crippen molar-refractivity contribution in [2.45, 2.75) is 26.2 Å². The topological polar surface area (TPSA) is 63.8 Å². The largest absolute Gasteiger partial charge is 0.507 e. The molecule has 6 aromatic rings. The van der Waals surface area contributed by atoms with E-state index in [0.717, 1.165) is 39.1 Å². The zero-order valence-corrected chi connectivity index (χ0v) is 21.6. The van der Waals surface area contributed by atoms with Gasteiger partial charge in [0.15, 0.2) is 0 Å². The average molecular weight is 497 g/mol. The van der Waals surface area contributed by atoms with Gasteiger partial charge in [0.05, 0.1) is 23.0 Å². The molecule has 1 N–H and O–H groups in total. The fourth-order valence-corrected chi connectivity index (χ4v) is 4.78. The van der Waals surface area contributed by atoms with Gasteiger partial charge in [-0.15, -0.1) is 0 Å². The third-order valence-electron chi connectivity index (χ3n) is 6.80. The van der Waals surface area contributed by atoms with E-state index >= 15 is 0 Å². The van der Waals surface area contributed by atoms with Crippen molar-refractivity contribution in [3.05, 3.63) is 115 Å². The van der Waals surface area contributed by atoms with E-state index in [9.17, 15) is 5.11 Å². The number of aromatic nitrogens is 4. The first kappa shape index (κ1) is 23.6. The second-order valence-electron chi connectivity index (χ2n) is 10.4. The number of nitrogens with zero attached hydrogens (tertiary/aromatic N) is 4. The molecule has 3 heterocycles. The van der Waals surface area contributed by atoms with Crippen LogP contribution in [0.4, 0.5) is 0 Å². The van der Waals surface area contributed by atoms with E-state index in [2.05, 4.69) is 53.5 Å². The minimum absolute atomic E-state index is 0.0642. The Morgan fingerprint density at radius 3 is 2.21 bits per heavy atom. The number of pyridine rings is 2. The Labute approximate surface area is 222 Å². The molecule has 0 radical (unpaired) electrons. The fraction of sp³-hybridized carbons (Fsp3) is 0.121. The maximum absolute atomic E-state index is 10.8. The van der Waals surface area contributed by atoms with E-state index in [1.165, 1.54) is 5.56 Å². The number of imidazole rings is 1. The second-order valence-corrected chi connectivity index (χ2v) is 10.4. The van der Waals surface area contributed by atoms with Crippen LogP contribution in [0.25, 0.3) is 50.5 Å². The van der Waals surface area contributed by atoms with Crippen molar-refractivity contribution in [1.82, 2.24) is 19.5 Å². The van der Waals surface area contributed by atoms with Gasteiger partial charge in [-0.3, -0.25) is 14.5 Å². The monoisotopic (exact) mass is 496 g/mol. The molecule has 0 saturated heterocycles. The molecule has 0 atom stereocenters. The molecule has 186 valence electrons. The summed E-state index contributed by atoms with van der Waals surface area (Å²) in [5.74, 6) is 0.845. The lowest BCUT2D eigenvalue weighted by Crippen LogP contribution is -2.11. The van der Waals surface area contributed by atoms with Gasteiger partial charge < -0.3 is 5.11 Å². The number of hydrogen-bond donors (Lipinski definition) is 1. The summed E-state index contributed by atoms with van der Waals surface area (Å²) in [5, 5.41) is 10.8. The second kappa shape index (κ2) is 9.27. The maximum Gasteiger partial charge on any atom is 0.149 e. The molecule has 0 saturated carbocycles. The molecular formula is C33H28N4O. The highest BCUT2D eigenvalue weighted by molar-refractivity contribution is 5.95. The molecule has 0 spiro atoms. The summed E-state index contributed by atoms with van der Waals surface area (Å²) in [6.45, 7) is 6.65. The predicted molar refractivity (Wildman–Crippen MR) is 153 cm³/mol. The van der Waals surface area contributed by atoms with Crippen molar-refractivity contribution in [3.8, 4) is 45.2 Å². The number of phenols is 1. The van der Waals surface area contributed by atoms with Gasteiger partial charge in [-0.2, -0.15) is 0 Å². The number of fused-ring (bicyclic) bond motifs is 1. The molecule has 0 aliphatic heterocycles. The quantitative estimate of drug-likeness (QED) is 0.270. The van der Waals surface area contributed by atoms with Crippen LogP contribution in [0.1, 0.15) is 26.3 Å². The lowest BCUT2D eigenvalue weighted by atomic mass is 9.84. The molecule has 3 aromatic carbocycles. The van der Waals surface area contributed by atoms with Crippen molar-refractivity contribution < 1.29 is 5.11 Å². The summed E-state index contributed by atoms with van der Waals surface area (Å²) in [7, 11) is 0. The Hall–Kier alpha value is -4.77. The number of para-hydroxylation sites is 2. The zero-order chi connectivity index (χ0) is 26.3. The minimum atomic E-state index is -0.0642. The SMILES string of the molecule is CC(C)(C)c1cc(-c2ccccn2)cc(-c2cncc3c2nc(-c2ccccc2O)n3-c2ccccc2)c1. The molecule has 38 heavy (non-hydrogen) atoms. The Morgan fingerprint density at radius 1 is 0.737 bits per heavy atom. The van der Waals surface area contributed by atoms with Crippen LogP contribution in [0.15, 0.2) is 110 Å². The van der Waals surface area contributed by atoms with E-state index in [4.69, 9.17) is 4.98 Å². The van der Waals surface area contributed by atoms with E-state index in [0.29, 0.717) is 11.4 Å². The van der Waals surface area contributed by atoms with Crippen LogP contribution < -0.4 is 0 Å². The van der Waals surface area contributed by atoms with Gasteiger partial charge in [0.2, 0.25) is 0 Å². The summed E-state index contributed by atoms with van der Waals surface area (Å²) < 4.78 is 2.06. The standard InChI is InChI=1S/C33H28N4O/c1-33(2,3)24-18-22(17-23(19-24)28-14-9-10-16-35-28)27-20-34-21-29-31(27)36-32(26-13-7-8-15-30(26)38)37(29)25-11-5-4-6-12-25/h4-21,38H,1-3H3. The summed E-state index contributed by atoms with van der Waals surface area (Å²) in [6, 6.07) is 30.0. The maximum atomic E-state index is 10.8. The molecule has 5 nitrogen and oxygen atoms in total. The van der Waals surface area contributed by atoms with E-state index in [-0.39, 0.29) is 11.2 Å². The highest BCUT2D eigenvalue weighted by atomic mass is 16.3. The van der Waals surface area contributed by atoms with Gasteiger partial charge in [-0.05, 0) is 65.1 Å². The van der Waals surface area contributed by atoms with Gasteiger partial charge in [-0.1, -0.05) is 63.2 Å². The van der Waals surface area contributed by atoms with Crippen LogP contribution in [-0.2, 0) is 5.41 Å². The molecule has 6 rings (SSSR count). The molecular weight excluding hydrogens is 468 g/mol. The summed E-state index contributed by atoms with van der Waals surface area (Å²) in [5.41, 5.74) is 8.36. The lowest BCUT2D eigenvalue weighted by Gasteiger charge is -2.21. The first-order chi connectivity index (χ1) is 18.4. The highest BCUT2D eigenvalue weighted by Gasteiger charge is 2.22. The molecule has 0 unspecified atom stereocenters. The third-order valence-corrected chi connectivity index (χ3v) is 6.80. The van der Waals surface area contributed by atoms with Gasteiger partial charge in [0.25, 0.3) is 0 Å². The van der Waals surface area contributed by atoms with Gasteiger partial charge in [0.1, 0.15) is 17.1 Å². The van der Waals surface area contributed by atoms with Crippen molar-refractivity contribution in [3.63, 3.8) is 0 Å². The number of benzene rings is 3. The Morgan fingerprint density at radius 2 is 1.47 bits per heavy atom. The lowest BCUT2D eigenvalue weighted by molar-refractivity contribution is 0.477. The van der Waals surface area contributed by atoms with E-state index in [1.807, 2.05) is 85.3 Å². The molecule has 0 aliphatic rings. The molecule has 0 bridgehead atoms. The molecule has 0 fully saturated rings. The van der Waals surface area contributed by atoms with Crippen molar-refractivity contribution in [1.29, 1.82) is 0 Å². The van der Waals surface area contributed by atoms with Crippen molar-refractivity contribution in [2.24, 2.45) is 0 Å². The van der Waals surface area contributed by atoms with E-state index < -0.39 is 0 Å². The van der Waals surface area contributed by atoms with Crippen LogP contribution in [-0.4, -0.2) is 24.6 Å². The van der Waals surface area contributed by atoms with E-state index in [1.54, 1.807) is 6.07 Å². The van der Waals surface area contributed by atoms with Crippen molar-refractivity contribution in [2.75, 3.05) is 0 Å². The Bertz CT molecular complexity index is 1750. The van der Waals surface area contributed by atoms with Crippen LogP contribution in [0, 0.1) is 0 Å². The third kappa shape index (κ3) is 4.22. The Balaban J connectivity index is 1.65. The van der Waals surface area contributed by atoms with Crippen LogP contribution in [0.5, 0.6) is 5.75 Å². The molecule has 0 amide bonds. The normalized spacial score (nSPS) is 11.7. The molecule has 0 aliphatic carbocycles. The first-order valence-electron chi connectivity index (χ1n) is 12.7. The smallest absolute Gasteiger partial charge is 0.149 e. The zero-order valence-electron chi connectivity index (χ0n) is 21.6. The average Bonchev–Trinajstić information content (AvgIpc) is 3.33. The van der Waals surface area contributed by atoms with Gasteiger partial charge in [-0.25, -0.2) is 4.98 Å². The van der Waals surface area contributed by atoms with Crippen LogP contribution >= 0.6 is 0 Å². The van der Waals surface area contributed by atoms with Gasteiger partial charge >= 0.3 is 0 Å². The summed E-state index contributed by atoms with van der Waals surface area (Å²) >= 11 is 0. The number of rotatable bonds is 4. The van der Waals surface area contributed by atoms with Gasteiger partial charge in [0, 0.05) is 29.2 Å². The molecule has 5 heteroatoms. The van der Waals surface area contributed by atoms with Crippen LogP contribution in [0.3, 0.4) is 0 Å². The minimum Gasteiger partial charge on any atom is -0.507 e. The number of phenolic OH excluding ortho intramolecular Hbond substituents is 1. The summed E-state index contributed by atoms with van der Waals surface area (Å²) in [6.07, 6.45) is 5.54. The number of aromatic hydroxyl groups is 1.